The molecule has 0 radical (unpaired) electrons. The molecular weight excluding hydrogens is 318 g/mol. The fourth-order valence-corrected chi connectivity index (χ4v) is 3.28. The molecule has 1 unspecified atom stereocenters. The van der Waals surface area contributed by atoms with Crippen LogP contribution < -0.4 is 0 Å². The lowest BCUT2D eigenvalue weighted by Crippen LogP contribution is -2.39. The molecule has 128 valence electrons. The van der Waals surface area contributed by atoms with E-state index in [0.717, 1.165) is 5.56 Å². The van der Waals surface area contributed by atoms with E-state index in [-0.39, 0.29) is 35.4 Å². The molecule has 1 aromatic carbocycles. The molecule has 6 nitrogen and oxygen atoms in total. The van der Waals surface area contributed by atoms with Gasteiger partial charge >= 0.3 is 5.97 Å². The molecule has 23 heavy (non-hydrogen) atoms. The quantitative estimate of drug-likeness (QED) is 0.775. The number of rotatable bonds is 8. The van der Waals surface area contributed by atoms with Crippen LogP contribution in [0.4, 0.5) is 0 Å². The Morgan fingerprint density at radius 2 is 1.78 bits per heavy atom. The molecule has 1 aromatic rings. The van der Waals surface area contributed by atoms with Crippen LogP contribution in [0.15, 0.2) is 24.3 Å². The second kappa shape index (κ2) is 8.10. The van der Waals surface area contributed by atoms with Gasteiger partial charge in [0.15, 0.2) is 9.84 Å². The SMILES string of the molecule is CCS(=O)(=O)CC(C)N(C)C(=O)CCc1ccc(C(=O)O)cc1. The Balaban J connectivity index is 2.56. The van der Waals surface area contributed by atoms with Crippen LogP contribution in [0.5, 0.6) is 0 Å². The van der Waals surface area contributed by atoms with Gasteiger partial charge in [-0.05, 0) is 31.0 Å². The molecule has 0 aliphatic rings. The van der Waals surface area contributed by atoms with Crippen LogP contribution >= 0.6 is 0 Å². The number of hydrogen-bond donors (Lipinski definition) is 1. The van der Waals surface area contributed by atoms with E-state index in [1.807, 2.05) is 0 Å². The number of aryl methyl sites for hydroxylation is 1. The molecule has 0 spiro atoms. The summed E-state index contributed by atoms with van der Waals surface area (Å²) in [5.74, 6) is -1.10. The summed E-state index contributed by atoms with van der Waals surface area (Å²) in [4.78, 5) is 24.4. The minimum Gasteiger partial charge on any atom is -0.478 e. The van der Waals surface area contributed by atoms with Crippen molar-refractivity contribution >= 4 is 21.7 Å². The van der Waals surface area contributed by atoms with Crippen molar-refractivity contribution in [3.05, 3.63) is 35.4 Å². The van der Waals surface area contributed by atoms with Crippen LogP contribution in [0, 0.1) is 0 Å². The predicted octanol–water partition coefficient (Wildman–Crippen LogP) is 1.60. The van der Waals surface area contributed by atoms with E-state index in [1.165, 1.54) is 17.0 Å². The standard InChI is InChI=1S/C16H23NO5S/c1-4-23(21,22)11-12(2)17(3)15(18)10-7-13-5-8-14(9-6-13)16(19)20/h5-6,8-9,12H,4,7,10-11H2,1-3H3,(H,19,20). The first kappa shape index (κ1) is 19.2. The highest BCUT2D eigenvalue weighted by Gasteiger charge is 2.21. The van der Waals surface area contributed by atoms with Gasteiger partial charge in [0.2, 0.25) is 5.91 Å². The van der Waals surface area contributed by atoms with Crippen molar-refractivity contribution in [2.75, 3.05) is 18.6 Å². The van der Waals surface area contributed by atoms with Crippen molar-refractivity contribution in [1.29, 1.82) is 0 Å². The lowest BCUT2D eigenvalue weighted by molar-refractivity contribution is -0.131. The van der Waals surface area contributed by atoms with E-state index >= 15 is 0 Å². The zero-order valence-electron chi connectivity index (χ0n) is 13.7. The van der Waals surface area contributed by atoms with Gasteiger partial charge in [-0.25, -0.2) is 13.2 Å². The molecule has 1 amide bonds. The van der Waals surface area contributed by atoms with Gasteiger partial charge in [0.25, 0.3) is 0 Å². The van der Waals surface area contributed by atoms with Gasteiger partial charge < -0.3 is 10.0 Å². The predicted molar refractivity (Wildman–Crippen MR) is 88.3 cm³/mol. The Kier molecular flexibility index (Phi) is 6.75. The first-order chi connectivity index (χ1) is 10.7. The number of carbonyl (C=O) groups is 2. The third kappa shape index (κ3) is 6.02. The number of hydrogen-bond acceptors (Lipinski definition) is 4. The number of amides is 1. The number of carboxylic acid groups (broad SMARTS) is 1. The van der Waals surface area contributed by atoms with Gasteiger partial charge in [-0.1, -0.05) is 19.1 Å². The van der Waals surface area contributed by atoms with Gasteiger partial charge in [-0.3, -0.25) is 4.79 Å². The Labute approximate surface area is 137 Å². The van der Waals surface area contributed by atoms with Crippen molar-refractivity contribution in [2.24, 2.45) is 0 Å². The molecule has 0 aromatic heterocycles. The third-order valence-corrected chi connectivity index (χ3v) is 5.69. The topological polar surface area (TPSA) is 91.8 Å². The monoisotopic (exact) mass is 341 g/mol. The highest BCUT2D eigenvalue weighted by molar-refractivity contribution is 7.91. The number of aromatic carboxylic acids is 1. The van der Waals surface area contributed by atoms with E-state index in [4.69, 9.17) is 5.11 Å². The molecule has 1 N–H and O–H groups in total. The molecule has 0 fully saturated rings. The molecule has 7 heteroatoms. The van der Waals surface area contributed by atoms with E-state index in [2.05, 4.69) is 0 Å². The fourth-order valence-electron chi connectivity index (χ4n) is 2.08. The second-order valence-electron chi connectivity index (χ2n) is 5.55. The maximum atomic E-state index is 12.1. The summed E-state index contributed by atoms with van der Waals surface area (Å²) >= 11 is 0. The van der Waals surface area contributed by atoms with E-state index in [0.29, 0.717) is 6.42 Å². The maximum Gasteiger partial charge on any atom is 0.335 e. The fraction of sp³-hybridized carbons (Fsp3) is 0.500. The minimum absolute atomic E-state index is 0.0426. The normalized spacial score (nSPS) is 12.7. The molecule has 0 heterocycles. The summed E-state index contributed by atoms with van der Waals surface area (Å²) in [6.07, 6.45) is 0.732. The third-order valence-electron chi connectivity index (χ3n) is 3.82. The van der Waals surface area contributed by atoms with Crippen LogP contribution in [0.25, 0.3) is 0 Å². The summed E-state index contributed by atoms with van der Waals surface area (Å²) in [7, 11) is -1.52. The Morgan fingerprint density at radius 3 is 2.26 bits per heavy atom. The Bertz CT molecular complexity index is 652. The summed E-state index contributed by atoms with van der Waals surface area (Å²) in [6.45, 7) is 3.30. The first-order valence-corrected chi connectivity index (χ1v) is 9.26. The molecule has 1 rings (SSSR count). The minimum atomic E-state index is -3.13. The lowest BCUT2D eigenvalue weighted by Gasteiger charge is -2.24. The highest BCUT2D eigenvalue weighted by Crippen LogP contribution is 2.10. The van der Waals surface area contributed by atoms with Gasteiger partial charge in [0, 0.05) is 25.3 Å². The first-order valence-electron chi connectivity index (χ1n) is 7.44. The average molecular weight is 341 g/mol. The smallest absolute Gasteiger partial charge is 0.335 e. The number of nitrogens with zero attached hydrogens (tertiary/aromatic N) is 1. The molecule has 0 saturated carbocycles. The Morgan fingerprint density at radius 1 is 1.22 bits per heavy atom. The number of carboxylic acids is 1. The summed E-state index contributed by atoms with van der Waals surface area (Å²) in [5, 5.41) is 8.83. The van der Waals surface area contributed by atoms with Crippen LogP contribution in [0.3, 0.4) is 0 Å². The number of benzene rings is 1. The largest absolute Gasteiger partial charge is 0.478 e. The van der Waals surface area contributed by atoms with Crippen molar-refractivity contribution in [3.63, 3.8) is 0 Å². The summed E-state index contributed by atoms with van der Waals surface area (Å²) in [5.41, 5.74) is 1.07. The maximum absolute atomic E-state index is 12.1. The molecule has 0 aliphatic carbocycles. The zero-order valence-corrected chi connectivity index (χ0v) is 14.5. The summed E-state index contributed by atoms with van der Waals surface area (Å²) in [6, 6.07) is 6.00. The van der Waals surface area contributed by atoms with Crippen LogP contribution in [0.2, 0.25) is 0 Å². The molecule has 0 saturated heterocycles. The van der Waals surface area contributed by atoms with Gasteiger partial charge in [0.05, 0.1) is 11.3 Å². The zero-order chi connectivity index (χ0) is 17.6. The van der Waals surface area contributed by atoms with Crippen LogP contribution in [-0.2, 0) is 21.1 Å². The van der Waals surface area contributed by atoms with E-state index < -0.39 is 15.8 Å². The van der Waals surface area contributed by atoms with Crippen molar-refractivity contribution in [2.45, 2.75) is 32.7 Å². The average Bonchev–Trinajstić information content (AvgIpc) is 2.51. The van der Waals surface area contributed by atoms with E-state index in [9.17, 15) is 18.0 Å². The Hall–Kier alpha value is -1.89. The summed E-state index contributed by atoms with van der Waals surface area (Å²) < 4.78 is 23.2. The molecule has 0 bridgehead atoms. The molecule has 0 aliphatic heterocycles. The lowest BCUT2D eigenvalue weighted by atomic mass is 10.1. The van der Waals surface area contributed by atoms with Crippen LogP contribution in [-0.4, -0.2) is 54.9 Å². The van der Waals surface area contributed by atoms with Gasteiger partial charge in [-0.15, -0.1) is 0 Å². The number of carbonyl (C=O) groups excluding carboxylic acids is 1. The van der Waals surface area contributed by atoms with Crippen LogP contribution in [0.1, 0.15) is 36.2 Å². The van der Waals surface area contributed by atoms with Crippen molar-refractivity contribution in [3.8, 4) is 0 Å². The highest BCUT2D eigenvalue weighted by atomic mass is 32.2. The second-order valence-corrected chi connectivity index (χ2v) is 7.95. The molecule has 1 atom stereocenters. The molecular formula is C16H23NO5S. The van der Waals surface area contributed by atoms with Crippen molar-refractivity contribution < 1.29 is 23.1 Å². The van der Waals surface area contributed by atoms with Gasteiger partial charge in [-0.2, -0.15) is 0 Å². The van der Waals surface area contributed by atoms with Crippen molar-refractivity contribution in [1.82, 2.24) is 4.90 Å². The van der Waals surface area contributed by atoms with Gasteiger partial charge in [0.1, 0.15) is 0 Å². The number of sulfone groups is 1. The van der Waals surface area contributed by atoms with E-state index in [1.54, 1.807) is 33.0 Å².